The third-order valence-corrected chi connectivity index (χ3v) is 4.50. The zero-order chi connectivity index (χ0) is 14.7. The highest BCUT2D eigenvalue weighted by Crippen LogP contribution is 2.28. The van der Waals surface area contributed by atoms with Crippen LogP contribution in [0.5, 0.6) is 0 Å². The topological polar surface area (TPSA) is 65.7 Å². The molecule has 2 heterocycles. The minimum absolute atomic E-state index is 0.112. The number of likely N-dealkylation sites (tertiary alicyclic amines) is 1. The number of aliphatic hydroxyl groups excluding tert-OH is 1. The fourth-order valence-corrected chi connectivity index (χ4v) is 3.05. The zero-order valence-corrected chi connectivity index (χ0v) is 12.3. The van der Waals surface area contributed by atoms with Crippen molar-refractivity contribution in [3.05, 3.63) is 24.2 Å². The van der Waals surface area contributed by atoms with Gasteiger partial charge >= 0.3 is 0 Å². The third kappa shape index (κ3) is 4.08. The standard InChI is InChI=1S/C16H24N2O3/c19-14(15-4-2-8-21-15)9-13-3-1-7-18(13)11-16(20)17-10-12-5-6-12/h2,4,8,12-14,19H,1,3,5-7,9-11H2,(H,17,20). The Bertz CT molecular complexity index is 456. The molecule has 0 aromatic carbocycles. The van der Waals surface area contributed by atoms with Crippen LogP contribution >= 0.6 is 0 Å². The van der Waals surface area contributed by atoms with E-state index in [4.69, 9.17) is 4.42 Å². The summed E-state index contributed by atoms with van der Waals surface area (Å²) in [5.41, 5.74) is 0. The van der Waals surface area contributed by atoms with E-state index in [0.29, 0.717) is 24.6 Å². The molecule has 0 spiro atoms. The number of nitrogens with one attached hydrogen (secondary N) is 1. The van der Waals surface area contributed by atoms with Crippen molar-refractivity contribution in [2.75, 3.05) is 19.6 Å². The van der Waals surface area contributed by atoms with E-state index in [1.165, 1.54) is 12.8 Å². The van der Waals surface area contributed by atoms with Crippen LogP contribution in [0.4, 0.5) is 0 Å². The van der Waals surface area contributed by atoms with Gasteiger partial charge in [0.25, 0.3) is 0 Å². The molecule has 1 saturated heterocycles. The van der Waals surface area contributed by atoms with Crippen LogP contribution in [0.15, 0.2) is 22.8 Å². The number of aliphatic hydroxyl groups is 1. The lowest BCUT2D eigenvalue weighted by molar-refractivity contribution is -0.122. The molecule has 5 nitrogen and oxygen atoms in total. The predicted octanol–water partition coefficient (Wildman–Crippen LogP) is 1.69. The van der Waals surface area contributed by atoms with Gasteiger partial charge in [-0.1, -0.05) is 0 Å². The minimum atomic E-state index is -0.583. The van der Waals surface area contributed by atoms with Crippen molar-refractivity contribution in [3.8, 4) is 0 Å². The summed E-state index contributed by atoms with van der Waals surface area (Å²) in [6.45, 7) is 2.21. The van der Waals surface area contributed by atoms with Crippen molar-refractivity contribution in [2.45, 2.75) is 44.2 Å². The van der Waals surface area contributed by atoms with Crippen LogP contribution in [0.1, 0.15) is 44.0 Å². The van der Waals surface area contributed by atoms with E-state index >= 15 is 0 Å². The Balaban J connectivity index is 1.46. The van der Waals surface area contributed by atoms with Crippen LogP contribution in [-0.2, 0) is 4.79 Å². The van der Waals surface area contributed by atoms with Gasteiger partial charge in [0.2, 0.25) is 5.91 Å². The molecule has 1 saturated carbocycles. The van der Waals surface area contributed by atoms with Crippen LogP contribution in [0.25, 0.3) is 0 Å². The van der Waals surface area contributed by atoms with Crippen LogP contribution in [-0.4, -0.2) is 41.6 Å². The van der Waals surface area contributed by atoms with Gasteiger partial charge in [-0.05, 0) is 56.7 Å². The van der Waals surface area contributed by atoms with Gasteiger partial charge in [-0.2, -0.15) is 0 Å². The van der Waals surface area contributed by atoms with Crippen LogP contribution in [0.3, 0.4) is 0 Å². The van der Waals surface area contributed by atoms with E-state index in [2.05, 4.69) is 10.2 Å². The molecule has 1 aliphatic heterocycles. The maximum atomic E-state index is 12.0. The number of nitrogens with zero attached hydrogens (tertiary/aromatic N) is 1. The highest BCUT2D eigenvalue weighted by molar-refractivity contribution is 5.78. The Hall–Kier alpha value is -1.33. The molecule has 2 N–H and O–H groups in total. The second-order valence-electron chi connectivity index (χ2n) is 6.28. The molecule has 0 bridgehead atoms. The van der Waals surface area contributed by atoms with Crippen molar-refractivity contribution in [2.24, 2.45) is 5.92 Å². The molecule has 2 unspecified atom stereocenters. The lowest BCUT2D eigenvalue weighted by Crippen LogP contribution is -2.40. The molecule has 3 rings (SSSR count). The number of rotatable bonds is 7. The number of hydrogen-bond donors (Lipinski definition) is 2. The van der Waals surface area contributed by atoms with E-state index in [-0.39, 0.29) is 11.9 Å². The molecular weight excluding hydrogens is 268 g/mol. The lowest BCUT2D eigenvalue weighted by atomic mass is 10.1. The van der Waals surface area contributed by atoms with Gasteiger partial charge in [-0.3, -0.25) is 9.69 Å². The number of carbonyl (C=O) groups excluding carboxylic acids is 1. The van der Waals surface area contributed by atoms with Crippen molar-refractivity contribution in [1.82, 2.24) is 10.2 Å². The number of furan rings is 1. The average Bonchev–Trinajstić information content (AvgIpc) is 2.95. The molecule has 2 atom stereocenters. The lowest BCUT2D eigenvalue weighted by Gasteiger charge is -2.25. The zero-order valence-electron chi connectivity index (χ0n) is 12.3. The Morgan fingerprint density at radius 2 is 2.33 bits per heavy atom. The van der Waals surface area contributed by atoms with Gasteiger partial charge in [0, 0.05) is 12.6 Å². The first kappa shape index (κ1) is 14.6. The molecule has 1 aromatic rings. The first-order valence-electron chi connectivity index (χ1n) is 7.94. The summed E-state index contributed by atoms with van der Waals surface area (Å²) in [7, 11) is 0. The van der Waals surface area contributed by atoms with E-state index in [0.717, 1.165) is 25.9 Å². The van der Waals surface area contributed by atoms with Crippen molar-refractivity contribution < 1.29 is 14.3 Å². The predicted molar refractivity (Wildman–Crippen MR) is 78.6 cm³/mol. The highest BCUT2D eigenvalue weighted by atomic mass is 16.4. The van der Waals surface area contributed by atoms with Gasteiger partial charge in [0.15, 0.2) is 0 Å². The second kappa shape index (κ2) is 6.62. The van der Waals surface area contributed by atoms with Crippen molar-refractivity contribution in [1.29, 1.82) is 0 Å². The van der Waals surface area contributed by atoms with Gasteiger partial charge in [-0.25, -0.2) is 0 Å². The minimum Gasteiger partial charge on any atom is -0.467 e. The smallest absolute Gasteiger partial charge is 0.234 e. The number of carbonyl (C=O) groups is 1. The Labute approximate surface area is 125 Å². The van der Waals surface area contributed by atoms with Crippen LogP contribution < -0.4 is 5.32 Å². The Morgan fingerprint density at radius 1 is 1.48 bits per heavy atom. The maximum Gasteiger partial charge on any atom is 0.234 e. The SMILES string of the molecule is O=C(CN1CCCC1CC(O)c1ccco1)NCC1CC1. The summed E-state index contributed by atoms with van der Waals surface area (Å²) in [4.78, 5) is 14.1. The summed E-state index contributed by atoms with van der Waals surface area (Å²) in [6.07, 6.45) is 6.25. The summed E-state index contributed by atoms with van der Waals surface area (Å²) in [5.74, 6) is 1.44. The first-order chi connectivity index (χ1) is 10.2. The fraction of sp³-hybridized carbons (Fsp3) is 0.688. The summed E-state index contributed by atoms with van der Waals surface area (Å²) in [6, 6.07) is 3.85. The monoisotopic (exact) mass is 292 g/mol. The molecule has 1 amide bonds. The molecule has 0 radical (unpaired) electrons. The van der Waals surface area contributed by atoms with Gasteiger partial charge in [0.05, 0.1) is 12.8 Å². The van der Waals surface area contributed by atoms with E-state index in [1.807, 2.05) is 0 Å². The highest BCUT2D eigenvalue weighted by Gasteiger charge is 2.29. The van der Waals surface area contributed by atoms with Crippen molar-refractivity contribution >= 4 is 5.91 Å². The Kier molecular flexibility index (Phi) is 4.60. The second-order valence-corrected chi connectivity index (χ2v) is 6.28. The molecule has 21 heavy (non-hydrogen) atoms. The summed E-state index contributed by atoms with van der Waals surface area (Å²) >= 11 is 0. The van der Waals surface area contributed by atoms with Gasteiger partial charge < -0.3 is 14.8 Å². The van der Waals surface area contributed by atoms with Gasteiger partial charge in [0.1, 0.15) is 11.9 Å². The van der Waals surface area contributed by atoms with E-state index in [1.54, 1.807) is 18.4 Å². The van der Waals surface area contributed by atoms with E-state index in [9.17, 15) is 9.90 Å². The van der Waals surface area contributed by atoms with Crippen LogP contribution in [0, 0.1) is 5.92 Å². The normalized spacial score (nSPS) is 24.1. The van der Waals surface area contributed by atoms with E-state index < -0.39 is 6.10 Å². The quantitative estimate of drug-likeness (QED) is 0.802. The average molecular weight is 292 g/mol. The fourth-order valence-electron chi connectivity index (χ4n) is 3.05. The van der Waals surface area contributed by atoms with Gasteiger partial charge in [-0.15, -0.1) is 0 Å². The van der Waals surface area contributed by atoms with Crippen LogP contribution in [0.2, 0.25) is 0 Å². The molecular formula is C16H24N2O3. The largest absolute Gasteiger partial charge is 0.467 e. The molecule has 2 fully saturated rings. The molecule has 1 aromatic heterocycles. The maximum absolute atomic E-state index is 12.0. The summed E-state index contributed by atoms with van der Waals surface area (Å²) in [5, 5.41) is 13.2. The molecule has 1 aliphatic carbocycles. The molecule has 5 heteroatoms. The number of amides is 1. The summed E-state index contributed by atoms with van der Waals surface area (Å²) < 4.78 is 5.25. The third-order valence-electron chi connectivity index (χ3n) is 4.50. The molecule has 116 valence electrons. The number of hydrogen-bond acceptors (Lipinski definition) is 4. The molecule has 2 aliphatic rings. The Morgan fingerprint density at radius 3 is 3.05 bits per heavy atom. The first-order valence-corrected chi connectivity index (χ1v) is 7.94. The van der Waals surface area contributed by atoms with Crippen molar-refractivity contribution in [3.63, 3.8) is 0 Å².